The maximum absolute atomic E-state index is 8.49. The van der Waals surface area contributed by atoms with E-state index in [2.05, 4.69) is 92.1 Å². The molecule has 0 spiro atoms. The molecule has 166 valence electrons. The van der Waals surface area contributed by atoms with E-state index in [1.165, 1.54) is 11.1 Å². The third kappa shape index (κ3) is 6.23. The number of aliphatic imine (C=N–C) groups is 1. The molecule has 4 rings (SSSR count). The molecular weight excluding hydrogens is 498 g/mol. The Morgan fingerprint density at radius 2 is 1.34 bits per heavy atom. The zero-order valence-electron chi connectivity index (χ0n) is 17.4. The van der Waals surface area contributed by atoms with Gasteiger partial charge in [0.1, 0.15) is 0 Å². The minimum atomic E-state index is -4.94. The Bertz CT molecular complexity index is 1140. The quantitative estimate of drug-likeness (QED) is 0.459. The second kappa shape index (κ2) is 10.4. The maximum atomic E-state index is 8.49. The fourth-order valence-corrected chi connectivity index (χ4v) is 3.85. The highest BCUT2D eigenvalue weighted by Crippen LogP contribution is 2.31. The van der Waals surface area contributed by atoms with Gasteiger partial charge in [0.25, 0.3) is 5.84 Å². The molecule has 0 aliphatic carbocycles. The van der Waals surface area contributed by atoms with Crippen LogP contribution in [0.2, 0.25) is 0 Å². The lowest BCUT2D eigenvalue weighted by Gasteiger charge is -2.23. The number of anilines is 1. The Morgan fingerprint density at radius 1 is 0.812 bits per heavy atom. The van der Waals surface area contributed by atoms with E-state index in [0.717, 1.165) is 33.9 Å². The topological polar surface area (TPSA) is 111 Å². The third-order valence-corrected chi connectivity index (χ3v) is 5.30. The minimum absolute atomic E-state index is 0.747. The van der Waals surface area contributed by atoms with Crippen LogP contribution in [0.25, 0.3) is 0 Å². The van der Waals surface area contributed by atoms with Gasteiger partial charge in [-0.25, -0.2) is 18.6 Å². The number of hydrogen-bond donors (Lipinski definition) is 0. The Kier molecular flexibility index (Phi) is 7.78. The second-order valence-electron chi connectivity index (χ2n) is 7.10. The molecule has 1 aliphatic heterocycles. The van der Waals surface area contributed by atoms with Crippen LogP contribution in [0.5, 0.6) is 0 Å². The molecule has 0 atom stereocenters. The first kappa shape index (κ1) is 24.1. The second-order valence-corrected chi connectivity index (χ2v) is 8.71. The molecule has 0 amide bonds. The average molecular weight is 519 g/mol. The fraction of sp³-hybridized carbons (Fsp3) is 0.130. The lowest BCUT2D eigenvalue weighted by molar-refractivity contribution is -2.00. The summed E-state index contributed by atoms with van der Waals surface area (Å²) in [6.45, 7) is 0.747. The van der Waals surface area contributed by atoms with E-state index < -0.39 is 10.2 Å². The molecule has 1 heterocycles. The largest absolute Gasteiger partial charge is 0.328 e. The normalized spacial score (nSPS) is 12.5. The van der Waals surface area contributed by atoms with Crippen LogP contribution in [-0.4, -0.2) is 30.3 Å². The van der Waals surface area contributed by atoms with Gasteiger partial charge >= 0.3 is 5.84 Å². The number of benzene rings is 3. The lowest BCUT2D eigenvalue weighted by Crippen LogP contribution is -2.68. The van der Waals surface area contributed by atoms with Crippen molar-refractivity contribution in [3.63, 3.8) is 0 Å². The molecule has 1 aliphatic rings. The molecule has 0 aromatic heterocycles. The highest BCUT2D eigenvalue weighted by molar-refractivity contribution is 9.10. The van der Waals surface area contributed by atoms with Gasteiger partial charge in [0.05, 0.1) is 37.5 Å². The molecule has 3 aromatic rings. The van der Waals surface area contributed by atoms with E-state index in [-0.39, 0.29) is 0 Å². The van der Waals surface area contributed by atoms with Gasteiger partial charge in [-0.3, -0.25) is 9.48 Å². The molecule has 3 aromatic carbocycles. The van der Waals surface area contributed by atoms with Gasteiger partial charge in [-0.2, -0.15) is 0 Å². The summed E-state index contributed by atoms with van der Waals surface area (Å²) >= 11 is 3.73. The molecule has 0 saturated carbocycles. The molecule has 0 N–H and O–H groups in total. The highest BCUT2D eigenvalue weighted by atomic mass is 79.9. The highest BCUT2D eigenvalue weighted by Gasteiger charge is 2.34. The van der Waals surface area contributed by atoms with Crippen molar-refractivity contribution in [2.75, 3.05) is 19.0 Å². The zero-order valence-corrected chi connectivity index (χ0v) is 19.8. The summed E-state index contributed by atoms with van der Waals surface area (Å²) in [7, 11) is -0.864. The molecule has 0 radical (unpaired) electrons. The van der Waals surface area contributed by atoms with Gasteiger partial charge in [-0.1, -0.05) is 54.6 Å². The van der Waals surface area contributed by atoms with Crippen LogP contribution < -0.4 is 23.5 Å². The summed E-state index contributed by atoms with van der Waals surface area (Å²) in [6.07, 6.45) is 0. The van der Waals surface area contributed by atoms with Crippen LogP contribution in [0, 0.1) is 10.2 Å². The minimum Gasteiger partial charge on any atom is -0.300 e. The summed E-state index contributed by atoms with van der Waals surface area (Å²) in [5.74, 6) is 1.97. The van der Waals surface area contributed by atoms with Crippen LogP contribution in [-0.2, 0) is 6.54 Å². The number of para-hydroxylation sites is 1. The summed E-state index contributed by atoms with van der Waals surface area (Å²) < 4.78 is 37.1. The standard InChI is InChI=1S/C23H21BrN3.ClHO4/c1-26(2)22-18-12-6-7-13-19(18)23(25-22)27(16-17-10-4-3-5-11-17)21-15-9-8-14-20(21)24;2-1(3,4)5/h3-15H,16H2,1-2H3;(H,2,3,4,5)/q+1;/p-1. The smallest absolute Gasteiger partial charge is 0.300 e. The van der Waals surface area contributed by atoms with Crippen molar-refractivity contribution in [2.45, 2.75) is 6.54 Å². The first-order chi connectivity index (χ1) is 15.1. The van der Waals surface area contributed by atoms with Crippen molar-refractivity contribution >= 4 is 33.3 Å². The molecule has 9 heteroatoms. The van der Waals surface area contributed by atoms with E-state index >= 15 is 0 Å². The Labute approximate surface area is 197 Å². The lowest BCUT2D eigenvalue weighted by atomic mass is 10.1. The summed E-state index contributed by atoms with van der Waals surface area (Å²) in [5.41, 5.74) is 4.68. The van der Waals surface area contributed by atoms with Crippen molar-refractivity contribution in [2.24, 2.45) is 4.99 Å². The Balaban J connectivity index is 0.000000523. The zero-order chi connectivity index (χ0) is 23.3. The molecule has 0 fully saturated rings. The van der Waals surface area contributed by atoms with Crippen molar-refractivity contribution in [1.29, 1.82) is 0 Å². The van der Waals surface area contributed by atoms with Crippen LogP contribution >= 0.6 is 15.9 Å². The third-order valence-electron chi connectivity index (χ3n) is 4.63. The number of halogens is 2. The van der Waals surface area contributed by atoms with E-state index in [1.807, 2.05) is 26.2 Å². The van der Waals surface area contributed by atoms with Crippen LogP contribution in [0.4, 0.5) is 5.69 Å². The van der Waals surface area contributed by atoms with Gasteiger partial charge < -0.3 is 0 Å². The molecule has 32 heavy (non-hydrogen) atoms. The average Bonchev–Trinajstić information content (AvgIpc) is 3.12. The molecule has 0 unspecified atom stereocenters. The van der Waals surface area contributed by atoms with Crippen LogP contribution in [0.1, 0.15) is 16.7 Å². The van der Waals surface area contributed by atoms with Crippen molar-refractivity contribution in [3.8, 4) is 0 Å². The monoisotopic (exact) mass is 517 g/mol. The number of rotatable bonds is 3. The number of hydrogen-bond acceptors (Lipinski definition) is 5. The maximum Gasteiger partial charge on any atom is 0.328 e. The van der Waals surface area contributed by atoms with Gasteiger partial charge in [0.2, 0.25) is 0 Å². The molecular formula is C23H21BrClN3O4. The van der Waals surface area contributed by atoms with Crippen LogP contribution in [0.15, 0.2) is 88.3 Å². The molecule has 7 nitrogen and oxygen atoms in total. The SMILES string of the molecule is C[N+](C)=C1N=C(N(Cc2ccccc2)c2ccccc2Br)c2ccccc21.[O-][Cl+3]([O-])([O-])[O-]. The van der Waals surface area contributed by atoms with Crippen molar-refractivity contribution in [1.82, 2.24) is 0 Å². The Hall–Kier alpha value is -2.59. The van der Waals surface area contributed by atoms with Crippen molar-refractivity contribution in [3.05, 3.63) is 100 Å². The number of fused-ring (bicyclic) bond motifs is 1. The number of amidine groups is 2. The summed E-state index contributed by atoms with van der Waals surface area (Å²) in [5, 5.41) is 0. The van der Waals surface area contributed by atoms with E-state index in [9.17, 15) is 0 Å². The van der Waals surface area contributed by atoms with Gasteiger partial charge in [0, 0.05) is 4.47 Å². The Morgan fingerprint density at radius 3 is 1.94 bits per heavy atom. The van der Waals surface area contributed by atoms with Crippen LogP contribution in [0.3, 0.4) is 0 Å². The van der Waals surface area contributed by atoms with E-state index in [0.29, 0.717) is 0 Å². The first-order valence-corrected chi connectivity index (χ1v) is 11.6. The first-order valence-electron chi connectivity index (χ1n) is 9.55. The van der Waals surface area contributed by atoms with Gasteiger partial charge in [-0.05, 0) is 50.8 Å². The molecule has 0 saturated heterocycles. The summed E-state index contributed by atoms with van der Waals surface area (Å²) in [6, 6.07) is 27.3. The fourth-order valence-electron chi connectivity index (χ4n) is 3.35. The van der Waals surface area contributed by atoms with Crippen molar-refractivity contribution < 1.29 is 33.5 Å². The number of nitrogens with zero attached hydrogens (tertiary/aromatic N) is 3. The molecule has 0 bridgehead atoms. The predicted octanol–water partition coefficient (Wildman–Crippen LogP) is 0.179. The summed E-state index contributed by atoms with van der Waals surface area (Å²) in [4.78, 5) is 7.32. The van der Waals surface area contributed by atoms with Gasteiger partial charge in [-0.15, -0.1) is 10.2 Å². The van der Waals surface area contributed by atoms with E-state index in [4.69, 9.17) is 23.6 Å². The van der Waals surface area contributed by atoms with Gasteiger partial charge in [0.15, 0.2) is 0 Å². The predicted molar refractivity (Wildman–Crippen MR) is 116 cm³/mol. The van der Waals surface area contributed by atoms with E-state index in [1.54, 1.807) is 0 Å².